The van der Waals surface area contributed by atoms with Crippen LogP contribution in [0.3, 0.4) is 0 Å². The molecule has 0 spiro atoms. The van der Waals surface area contributed by atoms with Crippen LogP contribution < -0.4 is 0 Å². The molecule has 0 aromatic rings. The van der Waals surface area contributed by atoms with Crippen LogP contribution in [0.5, 0.6) is 0 Å². The van der Waals surface area contributed by atoms with E-state index >= 15 is 0 Å². The van der Waals surface area contributed by atoms with Crippen molar-refractivity contribution < 1.29 is 9.53 Å². The summed E-state index contributed by atoms with van der Waals surface area (Å²) in [6.07, 6.45) is 6.41. The maximum absolute atomic E-state index is 12.2. The molecule has 1 amide bonds. The monoisotopic (exact) mass is 297 g/mol. The summed E-state index contributed by atoms with van der Waals surface area (Å²) >= 11 is 0. The lowest BCUT2D eigenvalue weighted by atomic mass is 9.98. The normalized spacial score (nSPS) is 22.0. The lowest BCUT2D eigenvalue weighted by Crippen LogP contribution is -2.51. The molecular formula is C16H31N3O2. The van der Waals surface area contributed by atoms with Crippen molar-refractivity contribution in [2.24, 2.45) is 0 Å². The lowest BCUT2D eigenvalue weighted by molar-refractivity contribution is -0.140. The highest BCUT2D eigenvalue weighted by atomic mass is 16.5. The van der Waals surface area contributed by atoms with Gasteiger partial charge in [-0.15, -0.1) is 0 Å². The van der Waals surface area contributed by atoms with E-state index in [0.29, 0.717) is 6.10 Å². The maximum atomic E-state index is 12.2. The number of piperazine rings is 1. The van der Waals surface area contributed by atoms with Crippen LogP contribution in [-0.4, -0.2) is 86.7 Å². The molecule has 2 rings (SSSR count). The van der Waals surface area contributed by atoms with Gasteiger partial charge in [-0.3, -0.25) is 9.69 Å². The van der Waals surface area contributed by atoms with E-state index in [9.17, 15) is 4.79 Å². The Morgan fingerprint density at radius 1 is 1.10 bits per heavy atom. The number of carbonyl (C=O) groups is 1. The summed E-state index contributed by atoms with van der Waals surface area (Å²) in [5.41, 5.74) is 0. The van der Waals surface area contributed by atoms with Crippen LogP contribution in [0.1, 0.15) is 32.1 Å². The quantitative estimate of drug-likeness (QED) is 0.734. The summed E-state index contributed by atoms with van der Waals surface area (Å²) < 4.78 is 5.79. The second-order valence-corrected chi connectivity index (χ2v) is 6.60. The zero-order chi connectivity index (χ0) is 15.1. The number of carbonyl (C=O) groups excluding carboxylic acids is 1. The molecule has 5 heteroatoms. The Hall–Kier alpha value is -0.650. The van der Waals surface area contributed by atoms with Crippen molar-refractivity contribution in [3.8, 4) is 0 Å². The minimum Gasteiger partial charge on any atom is -0.368 e. The number of rotatable bonds is 6. The third-order valence-electron chi connectivity index (χ3n) is 4.58. The number of nitrogens with zero attached hydrogens (tertiary/aromatic N) is 3. The number of ether oxygens (including phenoxy) is 1. The first-order valence-corrected chi connectivity index (χ1v) is 8.41. The SMILES string of the molecule is CN(C)CCN1CCN(C(=O)COC2CCCCC2)CC1. The van der Waals surface area contributed by atoms with Gasteiger partial charge in [0.2, 0.25) is 5.91 Å². The topological polar surface area (TPSA) is 36.0 Å². The van der Waals surface area contributed by atoms with Crippen LogP contribution in [0.4, 0.5) is 0 Å². The molecule has 0 N–H and O–H groups in total. The molecule has 122 valence electrons. The fourth-order valence-electron chi connectivity index (χ4n) is 3.07. The fourth-order valence-corrected chi connectivity index (χ4v) is 3.07. The standard InChI is InChI=1S/C16H31N3O2/c1-17(2)8-9-18-10-12-19(13-11-18)16(20)14-21-15-6-4-3-5-7-15/h15H,3-14H2,1-2H3. The van der Waals surface area contributed by atoms with Crippen LogP contribution >= 0.6 is 0 Å². The molecule has 0 atom stereocenters. The van der Waals surface area contributed by atoms with E-state index in [0.717, 1.165) is 52.1 Å². The van der Waals surface area contributed by atoms with Gasteiger partial charge in [-0.2, -0.15) is 0 Å². The van der Waals surface area contributed by atoms with E-state index in [1.807, 2.05) is 4.90 Å². The Balaban J connectivity index is 1.61. The molecule has 1 aliphatic carbocycles. The molecule has 1 heterocycles. The first-order chi connectivity index (χ1) is 10.1. The maximum Gasteiger partial charge on any atom is 0.248 e. The Bertz CT molecular complexity index is 309. The van der Waals surface area contributed by atoms with E-state index in [1.165, 1.54) is 19.3 Å². The molecule has 1 aliphatic heterocycles. The molecule has 1 saturated carbocycles. The van der Waals surface area contributed by atoms with Crippen molar-refractivity contribution in [3.63, 3.8) is 0 Å². The van der Waals surface area contributed by atoms with Gasteiger partial charge in [0.25, 0.3) is 0 Å². The van der Waals surface area contributed by atoms with Crippen LogP contribution in [0.2, 0.25) is 0 Å². The van der Waals surface area contributed by atoms with Crippen molar-refractivity contribution in [3.05, 3.63) is 0 Å². The first-order valence-electron chi connectivity index (χ1n) is 8.41. The minimum atomic E-state index is 0.174. The van der Waals surface area contributed by atoms with Gasteiger partial charge in [-0.25, -0.2) is 0 Å². The summed E-state index contributed by atoms with van der Waals surface area (Å²) in [7, 11) is 4.20. The molecule has 0 aromatic heterocycles. The predicted octanol–water partition coefficient (Wildman–Crippen LogP) is 1.04. The van der Waals surface area contributed by atoms with Crippen molar-refractivity contribution in [2.45, 2.75) is 38.2 Å². The van der Waals surface area contributed by atoms with E-state index in [2.05, 4.69) is 23.9 Å². The van der Waals surface area contributed by atoms with E-state index in [-0.39, 0.29) is 12.5 Å². The van der Waals surface area contributed by atoms with Crippen molar-refractivity contribution in [1.29, 1.82) is 0 Å². The van der Waals surface area contributed by atoms with E-state index in [4.69, 9.17) is 4.74 Å². The average molecular weight is 297 g/mol. The molecule has 0 bridgehead atoms. The zero-order valence-corrected chi connectivity index (χ0v) is 13.7. The minimum absolute atomic E-state index is 0.174. The van der Waals surface area contributed by atoms with Crippen molar-refractivity contribution in [1.82, 2.24) is 14.7 Å². The summed E-state index contributed by atoms with van der Waals surface area (Å²) in [6.45, 7) is 6.13. The fraction of sp³-hybridized carbons (Fsp3) is 0.938. The smallest absolute Gasteiger partial charge is 0.248 e. The summed E-state index contributed by atoms with van der Waals surface area (Å²) in [4.78, 5) is 18.8. The molecule has 0 radical (unpaired) electrons. The van der Waals surface area contributed by atoms with Crippen molar-refractivity contribution >= 4 is 5.91 Å². The number of likely N-dealkylation sites (N-methyl/N-ethyl adjacent to an activating group) is 1. The van der Waals surface area contributed by atoms with Crippen molar-refractivity contribution in [2.75, 3.05) is 60.0 Å². The van der Waals surface area contributed by atoms with Gasteiger partial charge in [-0.05, 0) is 26.9 Å². The van der Waals surface area contributed by atoms with E-state index in [1.54, 1.807) is 0 Å². The van der Waals surface area contributed by atoms with Crippen LogP contribution in [0.15, 0.2) is 0 Å². The molecule has 0 unspecified atom stereocenters. The van der Waals surface area contributed by atoms with E-state index < -0.39 is 0 Å². The number of amides is 1. The molecule has 5 nitrogen and oxygen atoms in total. The van der Waals surface area contributed by atoms with Crippen LogP contribution in [-0.2, 0) is 9.53 Å². The highest BCUT2D eigenvalue weighted by molar-refractivity contribution is 5.77. The van der Waals surface area contributed by atoms with Gasteiger partial charge >= 0.3 is 0 Å². The molecule has 0 aromatic carbocycles. The van der Waals surface area contributed by atoms with Crippen LogP contribution in [0, 0.1) is 0 Å². The first kappa shape index (κ1) is 16.7. The highest BCUT2D eigenvalue weighted by Crippen LogP contribution is 2.20. The Labute approximate surface area is 129 Å². The zero-order valence-electron chi connectivity index (χ0n) is 13.7. The average Bonchev–Trinajstić information content (AvgIpc) is 2.52. The second-order valence-electron chi connectivity index (χ2n) is 6.60. The Morgan fingerprint density at radius 3 is 2.38 bits per heavy atom. The molecule has 1 saturated heterocycles. The third kappa shape index (κ3) is 5.93. The van der Waals surface area contributed by atoms with Gasteiger partial charge in [0.15, 0.2) is 0 Å². The summed E-state index contributed by atoms with van der Waals surface area (Å²) in [5, 5.41) is 0. The highest BCUT2D eigenvalue weighted by Gasteiger charge is 2.22. The Kier molecular flexibility index (Phi) is 6.93. The molecule has 2 aliphatic rings. The summed E-state index contributed by atoms with van der Waals surface area (Å²) in [6, 6.07) is 0. The van der Waals surface area contributed by atoms with Gasteiger partial charge in [0.1, 0.15) is 6.61 Å². The molecular weight excluding hydrogens is 266 g/mol. The third-order valence-corrected chi connectivity index (χ3v) is 4.58. The van der Waals surface area contributed by atoms with Crippen LogP contribution in [0.25, 0.3) is 0 Å². The predicted molar refractivity (Wildman–Crippen MR) is 84.4 cm³/mol. The molecule has 2 fully saturated rings. The van der Waals surface area contributed by atoms with Gasteiger partial charge in [0.05, 0.1) is 6.10 Å². The summed E-state index contributed by atoms with van der Waals surface area (Å²) in [5.74, 6) is 0.174. The van der Waals surface area contributed by atoms with Gasteiger partial charge < -0.3 is 14.5 Å². The largest absolute Gasteiger partial charge is 0.368 e. The van der Waals surface area contributed by atoms with Gasteiger partial charge in [-0.1, -0.05) is 19.3 Å². The number of hydrogen-bond acceptors (Lipinski definition) is 4. The molecule has 21 heavy (non-hydrogen) atoms. The number of hydrogen-bond donors (Lipinski definition) is 0. The lowest BCUT2D eigenvalue weighted by Gasteiger charge is -2.35. The Morgan fingerprint density at radius 2 is 1.76 bits per heavy atom. The second kappa shape index (κ2) is 8.71. The van der Waals surface area contributed by atoms with Gasteiger partial charge in [0, 0.05) is 39.3 Å².